The average Bonchev–Trinajstić information content (AvgIpc) is 2.86. The number of hydrogen-bond donors (Lipinski definition) is 1. The van der Waals surface area contributed by atoms with Crippen molar-refractivity contribution in [2.75, 3.05) is 0 Å². The molecule has 0 amide bonds. The Morgan fingerprint density at radius 1 is 1.43 bits per heavy atom. The minimum absolute atomic E-state index is 0.0163. The molecule has 10 heteroatoms. The molecule has 1 atom stereocenters. The molecule has 122 valence electrons. The molecule has 9 nitrogen and oxygen atoms in total. The van der Waals surface area contributed by atoms with Crippen LogP contribution in [0.3, 0.4) is 0 Å². The number of hydrogen-bond acceptors (Lipinski definition) is 7. The molecule has 0 aliphatic heterocycles. The first-order valence-corrected chi connectivity index (χ1v) is 7.41. The van der Waals surface area contributed by atoms with Gasteiger partial charge in [0.15, 0.2) is 11.0 Å². The van der Waals surface area contributed by atoms with Gasteiger partial charge in [0.25, 0.3) is 5.69 Å². The lowest BCUT2D eigenvalue weighted by Gasteiger charge is -2.07. The Morgan fingerprint density at radius 2 is 2.09 bits per heavy atom. The average molecular weight is 338 g/mol. The summed E-state index contributed by atoms with van der Waals surface area (Å²) in [6.45, 7) is 1.68. The molecule has 0 aliphatic carbocycles. The summed E-state index contributed by atoms with van der Waals surface area (Å²) in [5.74, 6) is 0.0526. The van der Waals surface area contributed by atoms with E-state index in [4.69, 9.17) is 9.84 Å². The van der Waals surface area contributed by atoms with Gasteiger partial charge in [0, 0.05) is 19.2 Å². The molecule has 0 aliphatic rings. The fraction of sp³-hybridized carbons (Fsp3) is 0.308. The molecule has 1 aromatic heterocycles. The van der Waals surface area contributed by atoms with Crippen LogP contribution in [-0.4, -0.2) is 36.0 Å². The fourth-order valence-electron chi connectivity index (χ4n) is 1.59. The van der Waals surface area contributed by atoms with Crippen LogP contribution in [0.2, 0.25) is 0 Å². The number of carboxylic acids is 1. The molecule has 0 bridgehead atoms. The standard InChI is InChI=1S/C13H14N4O5S/c1-8(12(18)19)23-13-15-14-11(16(13)2)7-22-10-5-3-9(4-6-10)17(20)21/h3-6,8H,7H2,1-2H3,(H,18,19)/t8-/m0/s1. The normalized spacial score (nSPS) is 11.9. The van der Waals surface area contributed by atoms with Gasteiger partial charge in [-0.2, -0.15) is 0 Å². The zero-order valence-corrected chi connectivity index (χ0v) is 13.2. The second-order valence-corrected chi connectivity index (χ2v) is 5.90. The SMILES string of the molecule is C[C@H](Sc1nnc(COc2ccc([N+](=O)[O-])cc2)n1C)C(=O)O. The molecule has 0 saturated heterocycles. The van der Waals surface area contributed by atoms with E-state index in [9.17, 15) is 14.9 Å². The van der Waals surface area contributed by atoms with Crippen LogP contribution in [0.15, 0.2) is 29.4 Å². The maximum atomic E-state index is 10.9. The number of nitro groups is 1. The lowest BCUT2D eigenvalue weighted by Crippen LogP contribution is -2.12. The van der Waals surface area contributed by atoms with E-state index in [-0.39, 0.29) is 12.3 Å². The van der Waals surface area contributed by atoms with Crippen molar-refractivity contribution in [3.05, 3.63) is 40.2 Å². The van der Waals surface area contributed by atoms with Gasteiger partial charge < -0.3 is 14.4 Å². The Morgan fingerprint density at radius 3 is 2.65 bits per heavy atom. The summed E-state index contributed by atoms with van der Waals surface area (Å²) in [6.07, 6.45) is 0. The molecule has 23 heavy (non-hydrogen) atoms. The number of benzene rings is 1. The zero-order chi connectivity index (χ0) is 17.0. The van der Waals surface area contributed by atoms with Crippen LogP contribution in [0, 0.1) is 10.1 Å². The van der Waals surface area contributed by atoms with Crippen LogP contribution in [0.4, 0.5) is 5.69 Å². The number of thioether (sulfide) groups is 1. The van der Waals surface area contributed by atoms with E-state index in [1.165, 1.54) is 24.3 Å². The highest BCUT2D eigenvalue weighted by atomic mass is 32.2. The number of carboxylic acid groups (broad SMARTS) is 1. The molecule has 1 N–H and O–H groups in total. The number of nitrogens with zero attached hydrogens (tertiary/aromatic N) is 4. The number of aliphatic carboxylic acids is 1. The predicted octanol–water partition coefficient (Wildman–Crippen LogP) is 1.87. The minimum atomic E-state index is -0.929. The molecular formula is C13H14N4O5S. The first-order chi connectivity index (χ1) is 10.9. The van der Waals surface area contributed by atoms with Crippen LogP contribution in [-0.2, 0) is 18.4 Å². The van der Waals surface area contributed by atoms with Crippen molar-refractivity contribution in [3.8, 4) is 5.75 Å². The highest BCUT2D eigenvalue weighted by Crippen LogP contribution is 2.22. The molecule has 1 aromatic carbocycles. The molecule has 2 aromatic rings. The highest BCUT2D eigenvalue weighted by Gasteiger charge is 2.18. The van der Waals surface area contributed by atoms with Crippen molar-refractivity contribution < 1.29 is 19.6 Å². The van der Waals surface area contributed by atoms with Crippen LogP contribution in [0.25, 0.3) is 0 Å². The number of carbonyl (C=O) groups is 1. The first-order valence-electron chi connectivity index (χ1n) is 6.53. The molecule has 2 rings (SSSR count). The monoisotopic (exact) mass is 338 g/mol. The summed E-state index contributed by atoms with van der Waals surface area (Å²) >= 11 is 1.09. The van der Waals surface area contributed by atoms with Crippen molar-refractivity contribution >= 4 is 23.4 Å². The van der Waals surface area contributed by atoms with E-state index in [1.54, 1.807) is 18.5 Å². The van der Waals surface area contributed by atoms with Crippen molar-refractivity contribution in [1.29, 1.82) is 0 Å². The molecular weight excluding hydrogens is 324 g/mol. The Hall–Kier alpha value is -2.62. The number of nitro benzene ring substituents is 1. The second-order valence-electron chi connectivity index (χ2n) is 4.60. The molecule has 0 radical (unpaired) electrons. The lowest BCUT2D eigenvalue weighted by atomic mass is 10.3. The third kappa shape index (κ3) is 4.19. The van der Waals surface area contributed by atoms with Crippen LogP contribution < -0.4 is 4.74 Å². The fourth-order valence-corrected chi connectivity index (χ4v) is 2.36. The van der Waals surface area contributed by atoms with Crippen LogP contribution in [0.1, 0.15) is 12.7 Å². The minimum Gasteiger partial charge on any atom is -0.486 e. The van der Waals surface area contributed by atoms with Gasteiger partial charge in [-0.1, -0.05) is 11.8 Å². The summed E-state index contributed by atoms with van der Waals surface area (Å²) < 4.78 is 7.15. The maximum absolute atomic E-state index is 10.9. The number of aromatic nitrogens is 3. The van der Waals surface area contributed by atoms with E-state index < -0.39 is 16.1 Å². The van der Waals surface area contributed by atoms with E-state index in [1.807, 2.05) is 0 Å². The molecule has 0 spiro atoms. The van der Waals surface area contributed by atoms with Gasteiger partial charge in [0.05, 0.1) is 4.92 Å². The van der Waals surface area contributed by atoms with Crippen molar-refractivity contribution in [1.82, 2.24) is 14.8 Å². The quantitative estimate of drug-likeness (QED) is 0.461. The third-order valence-corrected chi connectivity index (χ3v) is 4.09. The van der Waals surface area contributed by atoms with Crippen molar-refractivity contribution in [2.24, 2.45) is 7.05 Å². The van der Waals surface area contributed by atoms with Gasteiger partial charge in [0.1, 0.15) is 17.6 Å². The van der Waals surface area contributed by atoms with E-state index in [0.29, 0.717) is 16.7 Å². The third-order valence-electron chi connectivity index (χ3n) is 2.97. The Bertz CT molecular complexity index is 716. The van der Waals surface area contributed by atoms with E-state index in [0.717, 1.165) is 11.8 Å². The van der Waals surface area contributed by atoms with Crippen molar-refractivity contribution in [2.45, 2.75) is 23.9 Å². The van der Waals surface area contributed by atoms with Crippen LogP contribution >= 0.6 is 11.8 Å². The van der Waals surface area contributed by atoms with Crippen LogP contribution in [0.5, 0.6) is 5.75 Å². The highest BCUT2D eigenvalue weighted by molar-refractivity contribution is 8.00. The Balaban J connectivity index is 1.99. The topological polar surface area (TPSA) is 120 Å². The summed E-state index contributed by atoms with van der Waals surface area (Å²) in [6, 6.07) is 5.69. The smallest absolute Gasteiger partial charge is 0.316 e. The molecule has 1 heterocycles. The summed E-state index contributed by atoms with van der Waals surface area (Å²) in [5, 5.41) is 27.2. The largest absolute Gasteiger partial charge is 0.486 e. The molecule has 0 saturated carbocycles. The summed E-state index contributed by atoms with van der Waals surface area (Å²) in [4.78, 5) is 20.9. The Labute approximate surface area is 135 Å². The van der Waals surface area contributed by atoms with Gasteiger partial charge in [-0.15, -0.1) is 10.2 Å². The molecule has 0 fully saturated rings. The van der Waals surface area contributed by atoms with Gasteiger partial charge in [0.2, 0.25) is 0 Å². The van der Waals surface area contributed by atoms with E-state index >= 15 is 0 Å². The Kier molecular flexibility index (Phi) is 5.16. The van der Waals surface area contributed by atoms with Gasteiger partial charge >= 0.3 is 5.97 Å². The zero-order valence-electron chi connectivity index (χ0n) is 12.4. The van der Waals surface area contributed by atoms with Gasteiger partial charge in [-0.3, -0.25) is 14.9 Å². The first kappa shape index (κ1) is 16.7. The van der Waals surface area contributed by atoms with Crippen molar-refractivity contribution in [3.63, 3.8) is 0 Å². The van der Waals surface area contributed by atoms with E-state index in [2.05, 4.69) is 10.2 Å². The number of ether oxygens (including phenoxy) is 1. The predicted molar refractivity (Wildman–Crippen MR) is 81.4 cm³/mol. The maximum Gasteiger partial charge on any atom is 0.316 e. The van der Waals surface area contributed by atoms with Gasteiger partial charge in [-0.05, 0) is 19.1 Å². The number of rotatable bonds is 7. The van der Waals surface area contributed by atoms with Gasteiger partial charge in [-0.25, -0.2) is 0 Å². The second kappa shape index (κ2) is 7.09. The molecule has 0 unspecified atom stereocenters. The summed E-state index contributed by atoms with van der Waals surface area (Å²) in [7, 11) is 1.71. The lowest BCUT2D eigenvalue weighted by molar-refractivity contribution is -0.384. The number of non-ortho nitro benzene ring substituents is 1. The summed E-state index contributed by atoms with van der Waals surface area (Å²) in [5.41, 5.74) is -0.0163.